The summed E-state index contributed by atoms with van der Waals surface area (Å²) in [6.45, 7) is 12.3. The van der Waals surface area contributed by atoms with Crippen molar-refractivity contribution in [3.05, 3.63) is 91.5 Å². The highest BCUT2D eigenvalue weighted by molar-refractivity contribution is 9.09. The number of thioether (sulfide) groups is 1. The molecule has 0 radical (unpaired) electrons. The van der Waals surface area contributed by atoms with E-state index in [4.69, 9.17) is 0 Å². The maximum absolute atomic E-state index is 14.9. The summed E-state index contributed by atoms with van der Waals surface area (Å²) in [5.41, 5.74) is 1.71. The topological polar surface area (TPSA) is 81.2 Å². The van der Waals surface area contributed by atoms with Crippen molar-refractivity contribution < 1.29 is 19.5 Å². The number of nitrogens with zero attached hydrogens (tertiary/aromatic N) is 3. The van der Waals surface area contributed by atoms with E-state index in [1.807, 2.05) is 72.5 Å². The minimum atomic E-state index is -0.826. The smallest absolute Gasteiger partial charge is 0.247 e. The second-order valence-corrected chi connectivity index (χ2v) is 15.1. The minimum absolute atomic E-state index is 0.0558. The summed E-state index contributed by atoms with van der Waals surface area (Å²) in [6.07, 6.45) is 6.14. The molecule has 7 nitrogen and oxygen atoms in total. The zero-order chi connectivity index (χ0) is 32.3. The predicted molar refractivity (Wildman–Crippen MR) is 185 cm³/mol. The van der Waals surface area contributed by atoms with Crippen molar-refractivity contribution in [1.82, 2.24) is 9.80 Å². The Hall–Kier alpha value is -2.88. The summed E-state index contributed by atoms with van der Waals surface area (Å²) < 4.78 is -0.820. The molecule has 4 unspecified atom stereocenters. The van der Waals surface area contributed by atoms with Crippen LogP contribution < -0.4 is 4.90 Å². The first-order chi connectivity index (χ1) is 21.7. The molecule has 8 atom stereocenters. The van der Waals surface area contributed by atoms with Gasteiger partial charge in [-0.05, 0) is 43.9 Å². The van der Waals surface area contributed by atoms with Gasteiger partial charge in [-0.1, -0.05) is 90.0 Å². The first kappa shape index (κ1) is 33.5. The fraction of sp³-hybridized carbons (Fsp3) is 0.472. The van der Waals surface area contributed by atoms with E-state index < -0.39 is 28.7 Å². The van der Waals surface area contributed by atoms with Gasteiger partial charge in [0.2, 0.25) is 17.7 Å². The van der Waals surface area contributed by atoms with E-state index >= 15 is 0 Å². The summed E-state index contributed by atoms with van der Waals surface area (Å²) >= 11 is 5.52. The Morgan fingerprint density at radius 1 is 1.09 bits per heavy atom. The number of aliphatic hydroxyl groups excluding tert-OH is 1. The Morgan fingerprint density at radius 2 is 1.73 bits per heavy atom. The summed E-state index contributed by atoms with van der Waals surface area (Å²) in [5, 5.41) is 10.6. The van der Waals surface area contributed by atoms with Gasteiger partial charge >= 0.3 is 0 Å². The van der Waals surface area contributed by atoms with Crippen LogP contribution in [0.1, 0.15) is 38.7 Å². The lowest BCUT2D eigenvalue weighted by molar-refractivity contribution is -0.146. The molecule has 3 aliphatic rings. The average Bonchev–Trinajstić information content (AvgIpc) is 3.65. The molecule has 45 heavy (non-hydrogen) atoms. The normalized spacial score (nSPS) is 28.0. The molecule has 1 spiro atoms. The van der Waals surface area contributed by atoms with Gasteiger partial charge in [-0.15, -0.1) is 24.9 Å². The highest BCUT2D eigenvalue weighted by atomic mass is 79.9. The number of anilines is 1. The lowest BCUT2D eigenvalue weighted by atomic mass is 9.70. The Kier molecular flexibility index (Phi) is 10.6. The molecule has 2 aromatic rings. The molecule has 3 fully saturated rings. The summed E-state index contributed by atoms with van der Waals surface area (Å²) in [6, 6.07) is 17.7. The molecule has 240 valence electrons. The second-order valence-electron chi connectivity index (χ2n) is 12.4. The molecule has 0 saturated carbocycles. The molecule has 9 heteroatoms. The minimum Gasteiger partial charge on any atom is -0.394 e. The molecule has 2 bridgehead atoms. The lowest BCUT2D eigenvalue weighted by Gasteiger charge is -2.41. The van der Waals surface area contributed by atoms with E-state index in [2.05, 4.69) is 36.0 Å². The molecule has 3 amide bonds. The highest BCUT2D eigenvalue weighted by Gasteiger charge is 2.76. The molecule has 3 saturated heterocycles. The van der Waals surface area contributed by atoms with Gasteiger partial charge in [-0.2, -0.15) is 0 Å². The summed E-state index contributed by atoms with van der Waals surface area (Å²) in [4.78, 5) is 49.6. The Bertz CT molecular complexity index is 1390. The van der Waals surface area contributed by atoms with Crippen LogP contribution in [0.4, 0.5) is 5.69 Å². The molecule has 3 aliphatic heterocycles. The third-order valence-electron chi connectivity index (χ3n) is 9.66. The van der Waals surface area contributed by atoms with Crippen LogP contribution in [-0.2, 0) is 20.8 Å². The van der Waals surface area contributed by atoms with Crippen LogP contribution in [0.2, 0.25) is 0 Å². The van der Waals surface area contributed by atoms with Crippen molar-refractivity contribution in [2.75, 3.05) is 24.6 Å². The number of para-hydroxylation sites is 1. The Labute approximate surface area is 279 Å². The summed E-state index contributed by atoms with van der Waals surface area (Å²) in [5.74, 6) is -1.83. The number of amides is 3. The van der Waals surface area contributed by atoms with Crippen LogP contribution in [0.15, 0.2) is 86.0 Å². The lowest BCUT2D eigenvalue weighted by Crippen LogP contribution is -2.59. The van der Waals surface area contributed by atoms with Crippen molar-refractivity contribution in [1.29, 1.82) is 0 Å². The van der Waals surface area contributed by atoms with Gasteiger partial charge in [0.1, 0.15) is 6.04 Å². The van der Waals surface area contributed by atoms with E-state index in [0.29, 0.717) is 25.9 Å². The van der Waals surface area contributed by atoms with Gasteiger partial charge in [0.05, 0.1) is 29.2 Å². The zero-order valence-electron chi connectivity index (χ0n) is 26.1. The number of rotatable bonds is 14. The number of likely N-dealkylation sites (tertiary alicyclic amines) is 1. The number of halogens is 1. The monoisotopic (exact) mass is 693 g/mol. The predicted octanol–water partition coefficient (Wildman–Crippen LogP) is 5.48. The number of aliphatic hydroxyl groups is 1. The Morgan fingerprint density at radius 3 is 2.33 bits per heavy atom. The zero-order valence-corrected chi connectivity index (χ0v) is 28.5. The molecule has 5 rings (SSSR count). The van der Waals surface area contributed by atoms with Crippen LogP contribution in [0.5, 0.6) is 0 Å². The summed E-state index contributed by atoms with van der Waals surface area (Å²) in [7, 11) is 0. The van der Waals surface area contributed by atoms with Gasteiger partial charge in [0.25, 0.3) is 0 Å². The average molecular weight is 695 g/mol. The first-order valence-corrected chi connectivity index (χ1v) is 17.7. The maximum Gasteiger partial charge on any atom is 0.247 e. The van der Waals surface area contributed by atoms with Crippen LogP contribution in [0.3, 0.4) is 0 Å². The third-order valence-corrected chi connectivity index (χ3v) is 12.9. The van der Waals surface area contributed by atoms with Gasteiger partial charge in [-0.3, -0.25) is 14.4 Å². The number of carbonyl (C=O) groups is 3. The van der Waals surface area contributed by atoms with E-state index in [0.717, 1.165) is 24.1 Å². The van der Waals surface area contributed by atoms with Crippen LogP contribution in [0, 0.1) is 11.8 Å². The molecule has 0 aromatic heterocycles. The molecule has 1 N–H and O–H groups in total. The first-order valence-electron chi connectivity index (χ1n) is 15.9. The van der Waals surface area contributed by atoms with E-state index in [1.165, 1.54) is 0 Å². The van der Waals surface area contributed by atoms with Gasteiger partial charge in [-0.25, -0.2) is 0 Å². The molecule has 2 aromatic carbocycles. The number of carbonyl (C=O) groups excluding carboxylic acids is 3. The van der Waals surface area contributed by atoms with E-state index in [1.54, 1.807) is 33.7 Å². The van der Waals surface area contributed by atoms with E-state index in [-0.39, 0.29) is 40.4 Å². The van der Waals surface area contributed by atoms with Crippen LogP contribution in [-0.4, -0.2) is 85.3 Å². The van der Waals surface area contributed by atoms with Gasteiger partial charge < -0.3 is 19.8 Å². The van der Waals surface area contributed by atoms with Gasteiger partial charge in [0.15, 0.2) is 0 Å². The number of benzene rings is 2. The molecular formula is C36H44BrN3O4S. The van der Waals surface area contributed by atoms with Crippen molar-refractivity contribution in [2.24, 2.45) is 11.8 Å². The Balaban J connectivity index is 1.62. The van der Waals surface area contributed by atoms with Crippen molar-refractivity contribution >= 4 is 51.1 Å². The number of hydrogen-bond donors (Lipinski definition) is 1. The van der Waals surface area contributed by atoms with Crippen molar-refractivity contribution in [3.8, 4) is 0 Å². The number of fused-ring (bicyclic) bond motifs is 1. The fourth-order valence-corrected chi connectivity index (χ4v) is 11.3. The standard InChI is InChI=1S/C36H44BrN3O4S/c1-5-14-24(4)38(19-6-2)35(44)32-36-22-28(37)31(45-36)29(33(42)39(20-7-3)26-17-12-9-13-18-26)30(36)34(43)40(32)27(23-41)21-25-15-10-8-11-16-25/h6-13,15-18,24,27-32,41H,2-3,5,14,19-23H2,1,4H3/t24?,27-,28?,29+,30+,31+,32?,36?/m1/s1. The second kappa shape index (κ2) is 14.3. The fourth-order valence-electron chi connectivity index (χ4n) is 7.76. The third kappa shape index (κ3) is 6.03. The molecule has 0 aliphatic carbocycles. The van der Waals surface area contributed by atoms with Crippen LogP contribution >= 0.6 is 27.7 Å². The number of hydrogen-bond acceptors (Lipinski definition) is 5. The van der Waals surface area contributed by atoms with Crippen molar-refractivity contribution in [3.63, 3.8) is 0 Å². The SMILES string of the molecule is C=CCN(C(=O)[C@H]1[C@H]2C(=O)N([C@@H](CO)Cc3ccccc3)C(C(=O)N(CC=C)C(C)CCC)C23CC(Br)[C@@H]1S3)c1ccccc1. The molecule has 3 heterocycles. The van der Waals surface area contributed by atoms with E-state index in [9.17, 15) is 19.5 Å². The highest BCUT2D eigenvalue weighted by Crippen LogP contribution is 2.68. The maximum atomic E-state index is 14.9. The largest absolute Gasteiger partial charge is 0.394 e. The molecular weight excluding hydrogens is 650 g/mol. The number of alkyl halides is 1. The van der Waals surface area contributed by atoms with Gasteiger partial charge in [0, 0.05) is 34.9 Å². The van der Waals surface area contributed by atoms with Crippen LogP contribution in [0.25, 0.3) is 0 Å². The quantitative estimate of drug-likeness (QED) is 0.210. The van der Waals surface area contributed by atoms with Crippen molar-refractivity contribution in [2.45, 2.75) is 72.5 Å².